The Morgan fingerprint density at radius 1 is 1.44 bits per heavy atom. The van der Waals surface area contributed by atoms with E-state index >= 15 is 0 Å². The van der Waals surface area contributed by atoms with Crippen molar-refractivity contribution in [2.24, 2.45) is 5.73 Å². The first kappa shape index (κ1) is 13.8. The van der Waals surface area contributed by atoms with Gasteiger partial charge in [-0.2, -0.15) is 0 Å². The lowest BCUT2D eigenvalue weighted by atomic mass is 10.2. The van der Waals surface area contributed by atoms with Gasteiger partial charge in [-0.15, -0.1) is 0 Å². The first-order valence-electron chi connectivity index (χ1n) is 5.62. The second kappa shape index (κ2) is 6.48. The van der Waals surface area contributed by atoms with Gasteiger partial charge in [0.15, 0.2) is 0 Å². The van der Waals surface area contributed by atoms with Crippen LogP contribution >= 0.6 is 0 Å². The highest BCUT2D eigenvalue weighted by Crippen LogP contribution is 2.14. The van der Waals surface area contributed by atoms with Crippen molar-refractivity contribution in [2.75, 3.05) is 12.4 Å². The highest BCUT2D eigenvalue weighted by Gasteiger charge is 2.12. The van der Waals surface area contributed by atoms with Gasteiger partial charge in [-0.25, -0.2) is 4.79 Å². The van der Waals surface area contributed by atoms with Gasteiger partial charge < -0.3 is 21.1 Å². The zero-order chi connectivity index (χ0) is 13.5. The molecular formula is C12H18N4O2. The van der Waals surface area contributed by atoms with Crippen molar-refractivity contribution in [1.82, 2.24) is 5.32 Å². The maximum absolute atomic E-state index is 11.6. The average Bonchev–Trinajstić information content (AvgIpc) is 2.36. The van der Waals surface area contributed by atoms with Gasteiger partial charge in [0.25, 0.3) is 0 Å². The van der Waals surface area contributed by atoms with Crippen LogP contribution in [0.25, 0.3) is 0 Å². The third kappa shape index (κ3) is 3.97. The average molecular weight is 250 g/mol. The minimum absolute atomic E-state index is 0.0534. The summed E-state index contributed by atoms with van der Waals surface area (Å²) in [5.41, 5.74) is 6.00. The third-order valence-electron chi connectivity index (χ3n) is 2.44. The van der Waals surface area contributed by atoms with Crippen LogP contribution in [0.2, 0.25) is 0 Å². The Bertz CT molecular complexity index is 417. The number of amidine groups is 1. The number of ether oxygens (including phenoxy) is 1. The van der Waals surface area contributed by atoms with E-state index in [1.54, 1.807) is 31.4 Å². The molecule has 5 N–H and O–H groups in total. The Morgan fingerprint density at radius 3 is 2.50 bits per heavy atom. The number of methoxy groups -OCH3 is 1. The van der Waals surface area contributed by atoms with Crippen molar-refractivity contribution in [2.45, 2.75) is 19.4 Å². The molecule has 0 aliphatic carbocycles. The molecule has 6 nitrogen and oxygen atoms in total. The number of nitrogens with two attached hydrogens (primary N) is 1. The molecule has 1 unspecified atom stereocenters. The summed E-state index contributed by atoms with van der Waals surface area (Å²) in [4.78, 5) is 11.6. The number of nitrogens with one attached hydrogen (secondary N) is 3. The molecule has 0 aliphatic heterocycles. The molecule has 6 heteroatoms. The van der Waals surface area contributed by atoms with Gasteiger partial charge in [0.05, 0.1) is 13.2 Å². The Morgan fingerprint density at radius 2 is 2.06 bits per heavy atom. The summed E-state index contributed by atoms with van der Waals surface area (Å²) in [5, 5.41) is 12.6. The van der Waals surface area contributed by atoms with Crippen molar-refractivity contribution in [1.29, 1.82) is 5.41 Å². The number of benzene rings is 1. The first-order valence-corrected chi connectivity index (χ1v) is 5.62. The standard InChI is InChI=1S/C12H18N4O2/c1-3-10(11(13)14)16-12(17)15-8-4-6-9(18-2)7-5-8/h4-7,10H,3H2,1-2H3,(H3,13,14)(H2,15,16,17). The minimum atomic E-state index is -0.441. The van der Waals surface area contributed by atoms with Crippen LogP contribution in [-0.4, -0.2) is 25.0 Å². The molecular weight excluding hydrogens is 232 g/mol. The summed E-state index contributed by atoms with van der Waals surface area (Å²) >= 11 is 0. The van der Waals surface area contributed by atoms with Gasteiger partial charge in [-0.3, -0.25) is 5.41 Å². The predicted molar refractivity (Wildman–Crippen MR) is 71.1 cm³/mol. The number of anilines is 1. The highest BCUT2D eigenvalue weighted by molar-refractivity contribution is 5.93. The molecule has 1 rings (SSSR count). The molecule has 98 valence electrons. The van der Waals surface area contributed by atoms with Crippen molar-refractivity contribution >= 4 is 17.6 Å². The topological polar surface area (TPSA) is 100 Å². The van der Waals surface area contributed by atoms with Crippen LogP contribution in [0.4, 0.5) is 10.5 Å². The van der Waals surface area contributed by atoms with Gasteiger partial charge in [0.1, 0.15) is 11.6 Å². The van der Waals surface area contributed by atoms with E-state index in [1.807, 2.05) is 6.92 Å². The zero-order valence-electron chi connectivity index (χ0n) is 10.5. The van der Waals surface area contributed by atoms with E-state index in [1.165, 1.54) is 0 Å². The number of carbonyl (C=O) groups excluding carboxylic acids is 1. The highest BCUT2D eigenvalue weighted by atomic mass is 16.5. The monoisotopic (exact) mass is 250 g/mol. The normalized spacial score (nSPS) is 11.4. The summed E-state index contributed by atoms with van der Waals surface area (Å²) in [6.45, 7) is 1.85. The lowest BCUT2D eigenvalue weighted by Gasteiger charge is -2.15. The van der Waals surface area contributed by atoms with E-state index in [-0.39, 0.29) is 11.9 Å². The van der Waals surface area contributed by atoms with E-state index in [4.69, 9.17) is 15.9 Å². The van der Waals surface area contributed by atoms with E-state index in [2.05, 4.69) is 10.6 Å². The molecule has 0 saturated carbocycles. The van der Waals surface area contributed by atoms with Crippen LogP contribution in [0.15, 0.2) is 24.3 Å². The van der Waals surface area contributed by atoms with Crippen LogP contribution < -0.4 is 21.1 Å². The van der Waals surface area contributed by atoms with Crippen LogP contribution in [-0.2, 0) is 0 Å². The van der Waals surface area contributed by atoms with Crippen LogP contribution in [0.1, 0.15) is 13.3 Å². The summed E-state index contributed by atoms with van der Waals surface area (Å²) in [7, 11) is 1.58. The number of urea groups is 1. The third-order valence-corrected chi connectivity index (χ3v) is 2.44. The lowest BCUT2D eigenvalue weighted by Crippen LogP contribution is -2.45. The molecule has 18 heavy (non-hydrogen) atoms. The van der Waals surface area contributed by atoms with E-state index < -0.39 is 6.04 Å². The smallest absolute Gasteiger partial charge is 0.319 e. The summed E-state index contributed by atoms with van der Waals surface area (Å²) in [6, 6.07) is 6.13. The fourth-order valence-corrected chi connectivity index (χ4v) is 1.40. The largest absolute Gasteiger partial charge is 0.497 e. The molecule has 0 saturated heterocycles. The molecule has 0 aliphatic rings. The molecule has 0 spiro atoms. The zero-order valence-corrected chi connectivity index (χ0v) is 10.5. The lowest BCUT2D eigenvalue weighted by molar-refractivity contribution is 0.250. The summed E-state index contributed by atoms with van der Waals surface area (Å²) < 4.78 is 5.01. The number of carbonyl (C=O) groups is 1. The molecule has 1 aromatic rings. The maximum Gasteiger partial charge on any atom is 0.319 e. The van der Waals surface area contributed by atoms with E-state index in [0.29, 0.717) is 12.1 Å². The van der Waals surface area contributed by atoms with Gasteiger partial charge in [-0.1, -0.05) is 6.92 Å². The van der Waals surface area contributed by atoms with E-state index in [0.717, 1.165) is 5.75 Å². The minimum Gasteiger partial charge on any atom is -0.497 e. The fraction of sp³-hybridized carbons (Fsp3) is 0.333. The maximum atomic E-state index is 11.6. The number of hydrogen-bond donors (Lipinski definition) is 4. The molecule has 0 bridgehead atoms. The quantitative estimate of drug-likeness (QED) is 0.471. The molecule has 0 aromatic heterocycles. The van der Waals surface area contributed by atoms with Gasteiger partial charge >= 0.3 is 6.03 Å². The van der Waals surface area contributed by atoms with Crippen molar-refractivity contribution in [3.8, 4) is 5.75 Å². The second-order valence-corrected chi connectivity index (χ2v) is 3.74. The molecule has 2 amide bonds. The van der Waals surface area contributed by atoms with Gasteiger partial charge in [0, 0.05) is 5.69 Å². The van der Waals surface area contributed by atoms with Crippen LogP contribution in [0, 0.1) is 5.41 Å². The number of rotatable bonds is 5. The summed E-state index contributed by atoms with van der Waals surface area (Å²) in [5.74, 6) is 0.665. The molecule has 1 aromatic carbocycles. The Kier molecular flexibility index (Phi) is 4.98. The SMILES string of the molecule is CCC(NC(=O)Nc1ccc(OC)cc1)C(=N)N. The first-order chi connectivity index (χ1) is 8.56. The van der Waals surface area contributed by atoms with Crippen molar-refractivity contribution in [3.05, 3.63) is 24.3 Å². The van der Waals surface area contributed by atoms with Crippen molar-refractivity contribution < 1.29 is 9.53 Å². The molecule has 0 fully saturated rings. The van der Waals surface area contributed by atoms with E-state index in [9.17, 15) is 4.79 Å². The van der Waals surface area contributed by atoms with Crippen LogP contribution in [0.5, 0.6) is 5.75 Å². The van der Waals surface area contributed by atoms with Gasteiger partial charge in [0.2, 0.25) is 0 Å². The Labute approximate surface area is 106 Å². The summed E-state index contributed by atoms with van der Waals surface area (Å²) in [6.07, 6.45) is 0.575. The van der Waals surface area contributed by atoms with Gasteiger partial charge in [-0.05, 0) is 30.7 Å². The number of hydrogen-bond acceptors (Lipinski definition) is 3. The molecule has 0 radical (unpaired) electrons. The predicted octanol–water partition coefficient (Wildman–Crippen LogP) is 1.53. The van der Waals surface area contributed by atoms with Crippen molar-refractivity contribution in [3.63, 3.8) is 0 Å². The Hall–Kier alpha value is -2.24. The fourth-order valence-electron chi connectivity index (χ4n) is 1.40. The van der Waals surface area contributed by atoms with Crippen LogP contribution in [0.3, 0.4) is 0 Å². The second-order valence-electron chi connectivity index (χ2n) is 3.74. The number of amides is 2. The molecule has 1 atom stereocenters. The molecule has 0 heterocycles. The Balaban J connectivity index is 2.55.